The number of Topliss-reactive ketones (excluding diaryl/α,β-unsaturated/α-hetero) is 1. The van der Waals surface area contributed by atoms with Gasteiger partial charge in [-0.25, -0.2) is 4.39 Å². The largest absolute Gasteiger partial charge is 0.483 e. The number of halogens is 1. The van der Waals surface area contributed by atoms with Crippen LogP contribution in [0.15, 0.2) is 12.1 Å². The fourth-order valence-electron chi connectivity index (χ4n) is 2.41. The topological polar surface area (TPSA) is 35.5 Å². The summed E-state index contributed by atoms with van der Waals surface area (Å²) in [5.41, 5.74) is 0.588. The van der Waals surface area contributed by atoms with Gasteiger partial charge in [-0.1, -0.05) is 6.92 Å². The first-order valence-electron chi connectivity index (χ1n) is 6.02. The SMILES string of the molecule is CCC1(COC)Cc2cc(F)cc(C(C)=O)c2O1. The summed E-state index contributed by atoms with van der Waals surface area (Å²) in [6, 6.07) is 2.68. The number of rotatable bonds is 4. The van der Waals surface area contributed by atoms with Gasteiger partial charge in [0.15, 0.2) is 5.78 Å². The van der Waals surface area contributed by atoms with Crippen LogP contribution in [0.5, 0.6) is 5.75 Å². The highest BCUT2D eigenvalue weighted by atomic mass is 19.1. The minimum absolute atomic E-state index is 0.185. The second-order valence-electron chi connectivity index (χ2n) is 4.75. The van der Waals surface area contributed by atoms with Gasteiger partial charge in [0.25, 0.3) is 0 Å². The molecule has 0 spiro atoms. The van der Waals surface area contributed by atoms with Gasteiger partial charge in [-0.2, -0.15) is 0 Å². The molecule has 0 saturated heterocycles. The molecule has 0 N–H and O–H groups in total. The molecule has 1 aromatic carbocycles. The van der Waals surface area contributed by atoms with Gasteiger partial charge in [0.1, 0.15) is 17.2 Å². The summed E-state index contributed by atoms with van der Waals surface area (Å²) in [5, 5.41) is 0. The van der Waals surface area contributed by atoms with E-state index in [9.17, 15) is 9.18 Å². The maximum Gasteiger partial charge on any atom is 0.163 e. The van der Waals surface area contributed by atoms with Crippen molar-refractivity contribution >= 4 is 5.78 Å². The van der Waals surface area contributed by atoms with Crippen molar-refractivity contribution in [2.75, 3.05) is 13.7 Å². The van der Waals surface area contributed by atoms with Crippen molar-refractivity contribution in [1.29, 1.82) is 0 Å². The number of benzene rings is 1. The van der Waals surface area contributed by atoms with E-state index in [2.05, 4.69) is 0 Å². The molecule has 0 amide bonds. The highest BCUT2D eigenvalue weighted by Crippen LogP contribution is 2.40. The number of hydrogen-bond donors (Lipinski definition) is 0. The molecular weight excluding hydrogens is 235 g/mol. The molecule has 1 heterocycles. The summed E-state index contributed by atoms with van der Waals surface area (Å²) in [7, 11) is 1.61. The molecule has 4 heteroatoms. The molecule has 18 heavy (non-hydrogen) atoms. The molecule has 0 saturated carbocycles. The third-order valence-corrected chi connectivity index (χ3v) is 3.39. The molecule has 1 aliphatic rings. The number of ketones is 1. The van der Waals surface area contributed by atoms with Crippen molar-refractivity contribution in [1.82, 2.24) is 0 Å². The van der Waals surface area contributed by atoms with Crippen LogP contribution in [0.2, 0.25) is 0 Å². The van der Waals surface area contributed by atoms with E-state index in [0.29, 0.717) is 24.3 Å². The third kappa shape index (κ3) is 2.12. The summed E-state index contributed by atoms with van der Waals surface area (Å²) < 4.78 is 24.6. The Hall–Kier alpha value is -1.42. The van der Waals surface area contributed by atoms with Gasteiger partial charge in [0.05, 0.1) is 12.2 Å². The Bertz CT molecular complexity index is 484. The zero-order valence-corrected chi connectivity index (χ0v) is 10.9. The average Bonchev–Trinajstić information content (AvgIpc) is 2.67. The van der Waals surface area contributed by atoms with E-state index in [1.807, 2.05) is 6.92 Å². The lowest BCUT2D eigenvalue weighted by molar-refractivity contribution is 0.00323. The Balaban J connectivity index is 2.45. The summed E-state index contributed by atoms with van der Waals surface area (Å²) >= 11 is 0. The summed E-state index contributed by atoms with van der Waals surface area (Å²) in [4.78, 5) is 11.5. The molecule has 0 aromatic heterocycles. The molecule has 0 bridgehead atoms. The van der Waals surface area contributed by atoms with Gasteiger partial charge in [-0.15, -0.1) is 0 Å². The molecule has 1 atom stereocenters. The van der Waals surface area contributed by atoms with Gasteiger partial charge >= 0.3 is 0 Å². The van der Waals surface area contributed by atoms with E-state index in [0.717, 1.165) is 12.0 Å². The monoisotopic (exact) mass is 252 g/mol. The van der Waals surface area contributed by atoms with Crippen LogP contribution >= 0.6 is 0 Å². The van der Waals surface area contributed by atoms with Gasteiger partial charge in [-0.05, 0) is 25.5 Å². The Kier molecular flexibility index (Phi) is 3.39. The minimum atomic E-state index is -0.477. The second-order valence-corrected chi connectivity index (χ2v) is 4.75. The fourth-order valence-corrected chi connectivity index (χ4v) is 2.41. The Morgan fingerprint density at radius 2 is 2.28 bits per heavy atom. The number of carbonyl (C=O) groups is 1. The van der Waals surface area contributed by atoms with Gasteiger partial charge in [-0.3, -0.25) is 4.79 Å². The molecule has 2 rings (SSSR count). The predicted octanol–water partition coefficient (Wildman–Crippen LogP) is 2.76. The van der Waals surface area contributed by atoms with E-state index < -0.39 is 11.4 Å². The number of fused-ring (bicyclic) bond motifs is 1. The first-order valence-corrected chi connectivity index (χ1v) is 6.02. The number of carbonyl (C=O) groups excluding carboxylic acids is 1. The van der Waals surface area contributed by atoms with Crippen LogP contribution in [0.25, 0.3) is 0 Å². The molecule has 1 aromatic rings. The molecule has 0 fully saturated rings. The lowest BCUT2D eigenvalue weighted by Gasteiger charge is -2.26. The van der Waals surface area contributed by atoms with E-state index >= 15 is 0 Å². The predicted molar refractivity (Wildman–Crippen MR) is 65.6 cm³/mol. The zero-order valence-electron chi connectivity index (χ0n) is 10.9. The van der Waals surface area contributed by atoms with Crippen molar-refractivity contribution in [2.24, 2.45) is 0 Å². The Morgan fingerprint density at radius 1 is 1.56 bits per heavy atom. The lowest BCUT2D eigenvalue weighted by Crippen LogP contribution is -2.38. The van der Waals surface area contributed by atoms with Gasteiger partial charge < -0.3 is 9.47 Å². The van der Waals surface area contributed by atoms with Crippen LogP contribution < -0.4 is 4.74 Å². The normalized spacial score (nSPS) is 21.6. The summed E-state index contributed by atoms with van der Waals surface area (Å²) in [5.74, 6) is -0.0651. The van der Waals surface area contributed by atoms with Crippen molar-refractivity contribution < 1.29 is 18.7 Å². The molecule has 1 aliphatic heterocycles. The third-order valence-electron chi connectivity index (χ3n) is 3.39. The first kappa shape index (κ1) is 13.0. The van der Waals surface area contributed by atoms with Crippen LogP contribution in [0.4, 0.5) is 4.39 Å². The van der Waals surface area contributed by atoms with Crippen LogP contribution in [-0.4, -0.2) is 25.1 Å². The molecule has 0 aliphatic carbocycles. The van der Waals surface area contributed by atoms with E-state index in [-0.39, 0.29) is 5.78 Å². The van der Waals surface area contributed by atoms with Crippen LogP contribution in [0.1, 0.15) is 36.2 Å². The molecule has 0 radical (unpaired) electrons. The van der Waals surface area contributed by atoms with E-state index in [4.69, 9.17) is 9.47 Å². The summed E-state index contributed by atoms with van der Waals surface area (Å²) in [6.07, 6.45) is 1.32. The van der Waals surface area contributed by atoms with Crippen molar-refractivity contribution in [2.45, 2.75) is 32.3 Å². The fraction of sp³-hybridized carbons (Fsp3) is 0.500. The van der Waals surface area contributed by atoms with Gasteiger partial charge in [0, 0.05) is 19.1 Å². The van der Waals surface area contributed by atoms with E-state index in [1.165, 1.54) is 19.1 Å². The summed E-state index contributed by atoms with van der Waals surface area (Å²) in [6.45, 7) is 3.84. The van der Waals surface area contributed by atoms with Crippen molar-refractivity contribution in [3.8, 4) is 5.75 Å². The van der Waals surface area contributed by atoms with Crippen LogP contribution in [0.3, 0.4) is 0 Å². The standard InChI is InChI=1S/C14H17FO3/c1-4-14(8-17-3)7-10-5-11(15)6-12(9(2)16)13(10)18-14/h5-6H,4,7-8H2,1-3H3. The maximum absolute atomic E-state index is 13.5. The number of methoxy groups -OCH3 is 1. The second kappa shape index (κ2) is 4.69. The maximum atomic E-state index is 13.5. The highest BCUT2D eigenvalue weighted by molar-refractivity contribution is 5.97. The van der Waals surface area contributed by atoms with Crippen LogP contribution in [0, 0.1) is 5.82 Å². The first-order chi connectivity index (χ1) is 8.51. The molecule has 3 nitrogen and oxygen atoms in total. The van der Waals surface area contributed by atoms with Crippen molar-refractivity contribution in [3.63, 3.8) is 0 Å². The highest BCUT2D eigenvalue weighted by Gasteiger charge is 2.40. The number of ether oxygens (including phenoxy) is 2. The molecular formula is C14H17FO3. The average molecular weight is 252 g/mol. The Labute approximate surface area is 106 Å². The smallest absolute Gasteiger partial charge is 0.163 e. The lowest BCUT2D eigenvalue weighted by atomic mass is 9.94. The molecule has 1 unspecified atom stereocenters. The van der Waals surface area contributed by atoms with Gasteiger partial charge in [0.2, 0.25) is 0 Å². The molecule has 98 valence electrons. The van der Waals surface area contributed by atoms with E-state index in [1.54, 1.807) is 7.11 Å². The van der Waals surface area contributed by atoms with Crippen LogP contribution in [-0.2, 0) is 11.2 Å². The minimum Gasteiger partial charge on any atom is -0.483 e. The number of hydrogen-bond acceptors (Lipinski definition) is 3. The quantitative estimate of drug-likeness (QED) is 0.773. The Morgan fingerprint density at radius 3 is 2.83 bits per heavy atom. The van der Waals surface area contributed by atoms with Crippen molar-refractivity contribution in [3.05, 3.63) is 29.1 Å². The zero-order chi connectivity index (χ0) is 13.3.